The molecule has 4 heteroatoms. The fourth-order valence-corrected chi connectivity index (χ4v) is 2.70. The van der Waals surface area contributed by atoms with Crippen LogP contribution in [0.15, 0.2) is 42.6 Å². The molecule has 2 heterocycles. The number of nitriles is 1. The first-order chi connectivity index (χ1) is 9.36. The van der Waals surface area contributed by atoms with Crippen molar-refractivity contribution in [1.29, 1.82) is 5.26 Å². The van der Waals surface area contributed by atoms with Crippen molar-refractivity contribution in [2.75, 3.05) is 0 Å². The fraction of sp³-hybridized carbons (Fsp3) is 0.133. The van der Waals surface area contributed by atoms with Crippen molar-refractivity contribution in [2.24, 2.45) is 0 Å². The highest BCUT2D eigenvalue weighted by Crippen LogP contribution is 2.38. The molecule has 0 N–H and O–H groups in total. The highest BCUT2D eigenvalue weighted by Gasteiger charge is 2.30. The van der Waals surface area contributed by atoms with E-state index in [9.17, 15) is 0 Å². The highest BCUT2D eigenvalue weighted by molar-refractivity contribution is 5.48. The summed E-state index contributed by atoms with van der Waals surface area (Å²) in [6.45, 7) is 0. The molecule has 4 rings (SSSR count). The lowest BCUT2D eigenvalue weighted by atomic mass is 9.77. The third-order valence-corrected chi connectivity index (χ3v) is 3.72. The van der Waals surface area contributed by atoms with Gasteiger partial charge in [-0.2, -0.15) is 5.26 Å². The first kappa shape index (κ1) is 10.3. The van der Waals surface area contributed by atoms with E-state index in [0.29, 0.717) is 11.5 Å². The van der Waals surface area contributed by atoms with Gasteiger partial charge in [-0.3, -0.25) is 4.40 Å². The van der Waals surface area contributed by atoms with Gasteiger partial charge in [0, 0.05) is 12.1 Å². The topological polar surface area (TPSA) is 54.0 Å². The maximum absolute atomic E-state index is 8.99. The van der Waals surface area contributed by atoms with E-state index in [1.807, 2.05) is 16.7 Å². The highest BCUT2D eigenvalue weighted by atomic mass is 15.2. The second-order valence-electron chi connectivity index (χ2n) is 4.77. The van der Waals surface area contributed by atoms with E-state index in [1.165, 1.54) is 11.1 Å². The number of benzene rings is 1. The van der Waals surface area contributed by atoms with Gasteiger partial charge >= 0.3 is 0 Å². The van der Waals surface area contributed by atoms with Crippen molar-refractivity contribution >= 4 is 5.65 Å². The van der Waals surface area contributed by atoms with Gasteiger partial charge in [0.2, 0.25) is 0 Å². The molecule has 1 aromatic carbocycles. The summed E-state index contributed by atoms with van der Waals surface area (Å²) in [5, 5.41) is 17.5. The molecule has 2 aromatic heterocycles. The molecule has 1 unspecified atom stereocenters. The van der Waals surface area contributed by atoms with Crippen molar-refractivity contribution in [3.8, 4) is 6.07 Å². The molecule has 0 radical (unpaired) electrons. The minimum Gasteiger partial charge on any atom is -0.285 e. The minimum atomic E-state index is 0.292. The van der Waals surface area contributed by atoms with Crippen LogP contribution in [-0.4, -0.2) is 14.6 Å². The third-order valence-electron chi connectivity index (χ3n) is 3.72. The van der Waals surface area contributed by atoms with Gasteiger partial charge in [-0.25, -0.2) is 0 Å². The molecule has 0 fully saturated rings. The summed E-state index contributed by atoms with van der Waals surface area (Å²) in [7, 11) is 0. The summed E-state index contributed by atoms with van der Waals surface area (Å²) >= 11 is 0. The number of fused-ring (bicyclic) bond motifs is 2. The van der Waals surface area contributed by atoms with Gasteiger partial charge in [0.05, 0.1) is 5.56 Å². The Hall–Kier alpha value is -2.67. The largest absolute Gasteiger partial charge is 0.285 e. The third kappa shape index (κ3) is 1.39. The van der Waals surface area contributed by atoms with Crippen LogP contribution in [0.2, 0.25) is 0 Å². The van der Waals surface area contributed by atoms with Crippen LogP contribution in [0.3, 0.4) is 0 Å². The summed E-state index contributed by atoms with van der Waals surface area (Å²) in [5.74, 6) is 1.21. The Kier molecular flexibility index (Phi) is 1.98. The van der Waals surface area contributed by atoms with Crippen molar-refractivity contribution in [3.63, 3.8) is 0 Å². The van der Waals surface area contributed by atoms with Gasteiger partial charge in [0.1, 0.15) is 11.9 Å². The number of hydrogen-bond acceptors (Lipinski definition) is 3. The Morgan fingerprint density at radius 2 is 2.05 bits per heavy atom. The molecule has 4 nitrogen and oxygen atoms in total. The minimum absolute atomic E-state index is 0.292. The van der Waals surface area contributed by atoms with Crippen LogP contribution < -0.4 is 0 Å². The molecule has 0 saturated carbocycles. The van der Waals surface area contributed by atoms with Gasteiger partial charge in [0.15, 0.2) is 5.65 Å². The van der Waals surface area contributed by atoms with Crippen molar-refractivity contribution in [1.82, 2.24) is 14.6 Å². The van der Waals surface area contributed by atoms with E-state index in [4.69, 9.17) is 5.26 Å². The number of nitrogens with zero attached hydrogens (tertiary/aromatic N) is 4. The molecular weight excluding hydrogens is 236 g/mol. The molecule has 1 aliphatic rings. The van der Waals surface area contributed by atoms with E-state index in [1.54, 1.807) is 6.07 Å². The molecule has 19 heavy (non-hydrogen) atoms. The molecule has 0 spiro atoms. The number of pyridine rings is 1. The Morgan fingerprint density at radius 3 is 2.89 bits per heavy atom. The fourth-order valence-electron chi connectivity index (χ4n) is 2.70. The zero-order valence-corrected chi connectivity index (χ0v) is 10.1. The molecule has 90 valence electrons. The van der Waals surface area contributed by atoms with E-state index >= 15 is 0 Å². The van der Waals surface area contributed by atoms with E-state index in [2.05, 4.69) is 40.5 Å². The average molecular weight is 246 g/mol. The summed E-state index contributed by atoms with van der Waals surface area (Å²) in [4.78, 5) is 0. The van der Waals surface area contributed by atoms with E-state index in [-0.39, 0.29) is 0 Å². The monoisotopic (exact) mass is 246 g/mol. The summed E-state index contributed by atoms with van der Waals surface area (Å²) in [5.41, 5.74) is 4.11. The van der Waals surface area contributed by atoms with Gasteiger partial charge < -0.3 is 0 Å². The van der Waals surface area contributed by atoms with Crippen LogP contribution in [0, 0.1) is 11.3 Å². The van der Waals surface area contributed by atoms with Crippen molar-refractivity contribution in [2.45, 2.75) is 12.3 Å². The standard InChI is InChI=1S/C15H10N4/c16-8-10-5-6-14-17-18-15(19(14)9-10)13-7-11-3-1-2-4-12(11)13/h1-6,9,13H,7H2. The van der Waals surface area contributed by atoms with Crippen LogP contribution in [-0.2, 0) is 6.42 Å². The summed E-state index contributed by atoms with van der Waals surface area (Å²) in [6, 6.07) is 14.2. The van der Waals surface area contributed by atoms with Crippen LogP contribution >= 0.6 is 0 Å². The Balaban J connectivity index is 1.88. The zero-order chi connectivity index (χ0) is 12.8. The van der Waals surface area contributed by atoms with Crippen LogP contribution in [0.25, 0.3) is 5.65 Å². The maximum atomic E-state index is 8.99. The normalized spacial score (nSPS) is 16.7. The Morgan fingerprint density at radius 1 is 1.16 bits per heavy atom. The first-order valence-electron chi connectivity index (χ1n) is 6.19. The quantitative estimate of drug-likeness (QED) is 0.662. The smallest absolute Gasteiger partial charge is 0.160 e. The van der Waals surface area contributed by atoms with Crippen molar-refractivity contribution < 1.29 is 0 Å². The Bertz CT molecular complexity index is 826. The molecule has 0 bridgehead atoms. The van der Waals surface area contributed by atoms with Gasteiger partial charge in [-0.15, -0.1) is 10.2 Å². The van der Waals surface area contributed by atoms with Gasteiger partial charge in [0.25, 0.3) is 0 Å². The predicted molar refractivity (Wildman–Crippen MR) is 69.7 cm³/mol. The SMILES string of the molecule is N#Cc1ccc2nnc(C3Cc4ccccc43)n2c1. The molecule has 1 atom stereocenters. The molecule has 1 aliphatic carbocycles. The van der Waals surface area contributed by atoms with E-state index < -0.39 is 0 Å². The first-order valence-corrected chi connectivity index (χ1v) is 6.19. The van der Waals surface area contributed by atoms with Crippen LogP contribution in [0.5, 0.6) is 0 Å². The molecule has 0 amide bonds. The molecule has 0 saturated heterocycles. The average Bonchev–Trinajstić information content (AvgIpc) is 2.83. The van der Waals surface area contributed by atoms with Crippen LogP contribution in [0.1, 0.15) is 28.4 Å². The number of aromatic nitrogens is 3. The lowest BCUT2D eigenvalue weighted by Crippen LogP contribution is -2.20. The van der Waals surface area contributed by atoms with Gasteiger partial charge in [-0.1, -0.05) is 24.3 Å². The summed E-state index contributed by atoms with van der Waals surface area (Å²) in [6.07, 6.45) is 2.80. The maximum Gasteiger partial charge on any atom is 0.160 e. The second-order valence-corrected chi connectivity index (χ2v) is 4.77. The second kappa shape index (κ2) is 3.66. The number of hydrogen-bond donors (Lipinski definition) is 0. The van der Waals surface area contributed by atoms with Crippen LogP contribution in [0.4, 0.5) is 0 Å². The summed E-state index contributed by atoms with van der Waals surface area (Å²) < 4.78 is 1.93. The molecule has 0 aliphatic heterocycles. The van der Waals surface area contributed by atoms with Crippen molar-refractivity contribution in [3.05, 3.63) is 65.1 Å². The predicted octanol–water partition coefficient (Wildman–Crippen LogP) is 2.29. The lowest BCUT2D eigenvalue weighted by Gasteiger charge is -2.28. The van der Waals surface area contributed by atoms with E-state index in [0.717, 1.165) is 17.9 Å². The van der Waals surface area contributed by atoms with Gasteiger partial charge in [-0.05, 0) is 29.7 Å². The number of rotatable bonds is 1. The zero-order valence-electron chi connectivity index (χ0n) is 10.1. The lowest BCUT2D eigenvalue weighted by molar-refractivity contribution is 0.651. The molecule has 3 aromatic rings. The molecular formula is C15H10N4. The Labute approximate surface area is 109 Å².